The van der Waals surface area contributed by atoms with E-state index < -0.39 is 48.8 Å². The van der Waals surface area contributed by atoms with Crippen molar-refractivity contribution in [3.63, 3.8) is 0 Å². The summed E-state index contributed by atoms with van der Waals surface area (Å²) in [7, 11) is 0. The van der Waals surface area contributed by atoms with Crippen molar-refractivity contribution in [3.05, 3.63) is 0 Å². The van der Waals surface area contributed by atoms with Gasteiger partial charge in [-0.25, -0.2) is 0 Å². The maximum Gasteiger partial charge on any atom is 1.00 e. The zero-order chi connectivity index (χ0) is 15.1. The summed E-state index contributed by atoms with van der Waals surface area (Å²) >= 11 is 0. The summed E-state index contributed by atoms with van der Waals surface area (Å²) in [6.07, 6.45) is -2.69. The van der Waals surface area contributed by atoms with Crippen molar-refractivity contribution in [2.45, 2.75) is 25.0 Å². The normalized spacial score (nSPS) is 12.1. The second-order valence-corrected chi connectivity index (χ2v) is 4.04. The van der Waals surface area contributed by atoms with Gasteiger partial charge in [0.1, 0.15) is 5.72 Å². The molecule has 0 heterocycles. The third-order valence-electron chi connectivity index (χ3n) is 2.49. The van der Waals surface area contributed by atoms with Gasteiger partial charge in [0.15, 0.2) is 0 Å². The van der Waals surface area contributed by atoms with Crippen LogP contribution in [0.2, 0.25) is 0 Å². The fraction of sp³-hybridized carbons (Fsp3) is 0.700. The van der Waals surface area contributed by atoms with Crippen LogP contribution in [0.15, 0.2) is 0 Å². The van der Waals surface area contributed by atoms with Gasteiger partial charge in [-0.2, -0.15) is 0 Å². The van der Waals surface area contributed by atoms with E-state index in [9.17, 15) is 34.8 Å². The topological polar surface area (TPSA) is 179 Å². The summed E-state index contributed by atoms with van der Waals surface area (Å²) in [6, 6.07) is 0. The smallest absolute Gasteiger partial charge is 0.550 e. The second-order valence-electron chi connectivity index (χ2n) is 4.04. The molecule has 0 aliphatic carbocycles. The number of carboxylic acids is 3. The van der Waals surface area contributed by atoms with Gasteiger partial charge in [-0.1, -0.05) is 0 Å². The van der Waals surface area contributed by atoms with Crippen LogP contribution in [0.3, 0.4) is 0 Å². The van der Waals surface area contributed by atoms with E-state index in [0.29, 0.717) is 0 Å². The molecule has 0 aromatic heterocycles. The first-order chi connectivity index (χ1) is 8.71. The summed E-state index contributed by atoms with van der Waals surface area (Å²) in [6.45, 7) is -0.0148. The van der Waals surface area contributed by atoms with Gasteiger partial charge in [-0.15, -0.1) is 0 Å². The average molecular weight is 344 g/mol. The number of aliphatic carboxylic acids is 3. The fourth-order valence-electron chi connectivity index (χ4n) is 1.67. The molecule has 0 amide bonds. The Hall–Kier alpha value is 1.29. The van der Waals surface area contributed by atoms with Crippen LogP contribution in [0.1, 0.15) is 19.3 Å². The van der Waals surface area contributed by atoms with E-state index in [0.717, 1.165) is 0 Å². The van der Waals surface area contributed by atoms with Crippen molar-refractivity contribution >= 4 is 17.9 Å². The summed E-state index contributed by atoms with van der Waals surface area (Å²) in [4.78, 5) is 31.7. The molecule has 110 valence electrons. The molecular formula is C10H15N2Na3O7. The van der Waals surface area contributed by atoms with Crippen molar-refractivity contribution in [2.75, 3.05) is 13.1 Å². The van der Waals surface area contributed by atoms with Gasteiger partial charge >= 0.3 is 88.7 Å². The molecule has 1 atom stereocenters. The van der Waals surface area contributed by atoms with Gasteiger partial charge in [-0.3, -0.25) is 5.32 Å². The minimum atomic E-state index is -2.28. The molecule has 0 saturated carbocycles. The maximum absolute atomic E-state index is 10.6. The molecule has 1 unspecified atom stereocenters. The van der Waals surface area contributed by atoms with Crippen LogP contribution in [-0.4, -0.2) is 41.8 Å². The van der Waals surface area contributed by atoms with E-state index in [1.807, 2.05) is 0 Å². The third-order valence-corrected chi connectivity index (χ3v) is 2.49. The van der Waals surface area contributed by atoms with Crippen molar-refractivity contribution in [2.24, 2.45) is 11.7 Å². The second kappa shape index (κ2) is 15.8. The number of nitrogens with two attached hydrogens (primary N) is 1. The Morgan fingerprint density at radius 2 is 1.41 bits per heavy atom. The van der Waals surface area contributed by atoms with E-state index in [1.165, 1.54) is 0 Å². The van der Waals surface area contributed by atoms with Gasteiger partial charge in [0.2, 0.25) is 0 Å². The predicted octanol–water partition coefficient (Wildman–Crippen LogP) is -14.7. The van der Waals surface area contributed by atoms with E-state index in [1.54, 1.807) is 0 Å². The van der Waals surface area contributed by atoms with Crippen LogP contribution >= 0.6 is 0 Å². The van der Waals surface area contributed by atoms with Crippen molar-refractivity contribution in [3.8, 4) is 0 Å². The standard InChI is InChI=1S/C10H18N2O7.3Na/c11-1-2-12-10(19,5-9(17)18)6(3-7(13)14)4-8(15)16;;;/h6,12,19H,1-5,11H2,(H,13,14)(H,15,16)(H,17,18);;;/q;3*+1/p-3. The number of rotatable bonds is 10. The molecule has 12 heteroatoms. The Morgan fingerprint density at radius 1 is 1.00 bits per heavy atom. The number of carbonyl (C=O) groups excluding carboxylic acids is 3. The Kier molecular flexibility index (Phi) is 22.3. The zero-order valence-electron chi connectivity index (χ0n) is 13.1. The molecule has 0 spiro atoms. The van der Waals surface area contributed by atoms with Crippen LogP contribution in [0.4, 0.5) is 0 Å². The Morgan fingerprint density at radius 3 is 1.68 bits per heavy atom. The van der Waals surface area contributed by atoms with E-state index in [2.05, 4.69) is 5.32 Å². The van der Waals surface area contributed by atoms with E-state index in [4.69, 9.17) is 5.73 Å². The number of aliphatic hydroxyl groups is 1. The monoisotopic (exact) mass is 344 g/mol. The first kappa shape index (κ1) is 31.1. The molecule has 0 aromatic carbocycles. The molecule has 0 bridgehead atoms. The first-order valence-electron chi connectivity index (χ1n) is 5.48. The SMILES string of the molecule is NCCNC(O)(CC(=O)[O-])C(CC(=O)[O-])CC(=O)[O-].[Na+].[Na+].[Na+]. The quantitative estimate of drug-likeness (QED) is 0.256. The molecule has 0 fully saturated rings. The third kappa shape index (κ3) is 13.7. The Labute approximate surface area is 194 Å². The molecule has 4 N–H and O–H groups in total. The molecular weight excluding hydrogens is 329 g/mol. The molecule has 0 aliphatic heterocycles. The van der Waals surface area contributed by atoms with E-state index >= 15 is 0 Å². The van der Waals surface area contributed by atoms with E-state index in [-0.39, 0.29) is 102 Å². The summed E-state index contributed by atoms with van der Waals surface area (Å²) < 4.78 is 0. The zero-order valence-corrected chi connectivity index (χ0v) is 19.1. The largest absolute Gasteiger partial charge is 1.00 e. The number of hydrogen-bond acceptors (Lipinski definition) is 9. The fourth-order valence-corrected chi connectivity index (χ4v) is 1.67. The van der Waals surface area contributed by atoms with Crippen LogP contribution in [0.5, 0.6) is 0 Å². The minimum Gasteiger partial charge on any atom is -0.550 e. The van der Waals surface area contributed by atoms with Crippen LogP contribution in [-0.2, 0) is 14.4 Å². The number of nitrogens with one attached hydrogen (secondary N) is 1. The number of carbonyl (C=O) groups is 3. The first-order valence-corrected chi connectivity index (χ1v) is 5.48. The van der Waals surface area contributed by atoms with Crippen molar-refractivity contribution < 1.29 is 123 Å². The summed E-state index contributed by atoms with van der Waals surface area (Å²) in [5.74, 6) is -6.38. The molecule has 22 heavy (non-hydrogen) atoms. The van der Waals surface area contributed by atoms with Crippen LogP contribution in [0.25, 0.3) is 0 Å². The van der Waals surface area contributed by atoms with Gasteiger partial charge < -0.3 is 40.5 Å². The molecule has 0 radical (unpaired) electrons. The van der Waals surface area contributed by atoms with Crippen molar-refractivity contribution in [1.29, 1.82) is 0 Å². The molecule has 0 saturated heterocycles. The molecule has 0 aliphatic rings. The Balaban J connectivity index is -0.000000540. The maximum atomic E-state index is 10.6. The Bertz CT molecular complexity index is 343. The van der Waals surface area contributed by atoms with Gasteiger partial charge in [0, 0.05) is 43.3 Å². The number of carboxylic acid groups (broad SMARTS) is 3. The van der Waals surface area contributed by atoms with Gasteiger partial charge in [-0.05, 0) is 12.8 Å². The van der Waals surface area contributed by atoms with Crippen molar-refractivity contribution in [1.82, 2.24) is 5.32 Å². The van der Waals surface area contributed by atoms with Crippen LogP contribution in [0, 0.1) is 5.92 Å². The molecule has 0 rings (SSSR count). The predicted molar refractivity (Wildman–Crippen MR) is 54.4 cm³/mol. The summed E-state index contributed by atoms with van der Waals surface area (Å²) in [5.41, 5.74) is 2.90. The minimum absolute atomic E-state index is 0. The van der Waals surface area contributed by atoms with Gasteiger partial charge in [0.05, 0.1) is 0 Å². The molecule has 0 aromatic rings. The van der Waals surface area contributed by atoms with Crippen LogP contribution < -0.4 is 115 Å². The van der Waals surface area contributed by atoms with Gasteiger partial charge in [0.25, 0.3) is 0 Å². The average Bonchev–Trinajstić information content (AvgIpc) is 2.23. The number of hydrogen-bond donors (Lipinski definition) is 3. The summed E-state index contributed by atoms with van der Waals surface area (Å²) in [5, 5.41) is 44.1. The molecule has 9 nitrogen and oxygen atoms in total.